The van der Waals surface area contributed by atoms with Crippen LogP contribution in [0.5, 0.6) is 5.75 Å². The molecule has 0 bridgehead atoms. The number of halogens is 4. The number of benzene rings is 1. The highest BCUT2D eigenvalue weighted by Crippen LogP contribution is 2.36. The van der Waals surface area contributed by atoms with E-state index in [0.29, 0.717) is 16.7 Å². The van der Waals surface area contributed by atoms with Crippen LogP contribution < -0.4 is 4.74 Å². The average Bonchev–Trinajstić information content (AvgIpc) is 2.98. The van der Waals surface area contributed by atoms with E-state index in [1.54, 1.807) is 26.1 Å². The molecule has 1 unspecified atom stereocenters. The predicted octanol–water partition coefficient (Wildman–Crippen LogP) is 4.69. The van der Waals surface area contributed by atoms with Crippen LogP contribution in [-0.4, -0.2) is 19.7 Å². The second kappa shape index (κ2) is 6.95. The number of alkyl halides is 3. The average molecular weight is 383 g/mol. The van der Waals surface area contributed by atoms with Crippen molar-refractivity contribution in [3.05, 3.63) is 59.1 Å². The normalized spacial score (nSPS) is 12.8. The van der Waals surface area contributed by atoms with Crippen molar-refractivity contribution in [3.63, 3.8) is 0 Å². The first kappa shape index (κ1) is 18.2. The van der Waals surface area contributed by atoms with Crippen molar-refractivity contribution >= 4 is 11.6 Å². The molecular weight excluding hydrogens is 369 g/mol. The fraction of sp³-hybridized carbons (Fsp3) is 0.235. The molecule has 0 saturated carbocycles. The molecule has 136 valence electrons. The quantitative estimate of drug-likeness (QED) is 0.614. The summed E-state index contributed by atoms with van der Waals surface area (Å²) in [5, 5.41) is 8.26. The van der Waals surface area contributed by atoms with Crippen molar-refractivity contribution in [1.29, 1.82) is 0 Å². The zero-order chi connectivity index (χ0) is 18.9. The molecule has 1 atom stereocenters. The number of nitrogens with zero attached hydrogens (tertiary/aromatic N) is 4. The smallest absolute Gasteiger partial charge is 0.417 e. The first-order chi connectivity index (χ1) is 12.3. The van der Waals surface area contributed by atoms with Gasteiger partial charge in [0.15, 0.2) is 17.8 Å². The van der Waals surface area contributed by atoms with Gasteiger partial charge in [0.2, 0.25) is 0 Å². The van der Waals surface area contributed by atoms with Crippen molar-refractivity contribution in [1.82, 2.24) is 19.7 Å². The summed E-state index contributed by atoms with van der Waals surface area (Å²) in [6, 6.07) is 8.46. The monoisotopic (exact) mass is 382 g/mol. The van der Waals surface area contributed by atoms with Crippen molar-refractivity contribution < 1.29 is 17.9 Å². The van der Waals surface area contributed by atoms with Crippen LogP contribution in [0.4, 0.5) is 13.2 Å². The summed E-state index contributed by atoms with van der Waals surface area (Å²) in [5.74, 6) is 0.951. The van der Waals surface area contributed by atoms with Gasteiger partial charge in [-0.1, -0.05) is 29.8 Å². The molecule has 0 N–H and O–H groups in total. The van der Waals surface area contributed by atoms with Gasteiger partial charge in [-0.25, -0.2) is 4.98 Å². The Balaban J connectivity index is 1.92. The fourth-order valence-corrected chi connectivity index (χ4v) is 2.66. The third-order valence-electron chi connectivity index (χ3n) is 3.76. The van der Waals surface area contributed by atoms with Gasteiger partial charge in [-0.3, -0.25) is 0 Å². The van der Waals surface area contributed by atoms with Crippen LogP contribution in [0.3, 0.4) is 0 Å². The maximum atomic E-state index is 13.3. The van der Waals surface area contributed by atoms with Gasteiger partial charge in [0.1, 0.15) is 10.9 Å². The van der Waals surface area contributed by atoms with Crippen molar-refractivity contribution in [2.24, 2.45) is 7.05 Å². The molecule has 1 aromatic carbocycles. The minimum Gasteiger partial charge on any atom is -0.481 e. The van der Waals surface area contributed by atoms with Crippen molar-refractivity contribution in [3.8, 4) is 17.1 Å². The number of hydrogen-bond donors (Lipinski definition) is 0. The topological polar surface area (TPSA) is 52.8 Å². The van der Waals surface area contributed by atoms with Crippen molar-refractivity contribution in [2.45, 2.75) is 19.2 Å². The highest BCUT2D eigenvalue weighted by molar-refractivity contribution is 6.29. The molecule has 0 amide bonds. The van der Waals surface area contributed by atoms with E-state index in [0.717, 1.165) is 6.07 Å². The van der Waals surface area contributed by atoms with E-state index in [1.165, 1.54) is 29.0 Å². The van der Waals surface area contributed by atoms with Crippen LogP contribution >= 0.6 is 11.6 Å². The second-order valence-corrected chi connectivity index (χ2v) is 5.95. The SMILES string of the molecule is CC(Oc1ccc(Cl)nc1)c1nnc(-c2ccccc2C(F)(F)F)n1C. The Morgan fingerprint density at radius 2 is 1.85 bits per heavy atom. The first-order valence-electron chi connectivity index (χ1n) is 7.61. The first-order valence-corrected chi connectivity index (χ1v) is 7.99. The Labute approximate surface area is 152 Å². The van der Waals surface area contributed by atoms with Crippen LogP contribution in [0, 0.1) is 0 Å². The number of rotatable bonds is 4. The Bertz CT molecular complexity index is 909. The summed E-state index contributed by atoms with van der Waals surface area (Å²) < 4.78 is 47.0. The summed E-state index contributed by atoms with van der Waals surface area (Å²) in [4.78, 5) is 3.91. The van der Waals surface area contributed by atoms with E-state index >= 15 is 0 Å². The van der Waals surface area contributed by atoms with Gasteiger partial charge >= 0.3 is 6.18 Å². The number of aromatic nitrogens is 4. The summed E-state index contributed by atoms with van der Waals surface area (Å²) in [5.41, 5.74) is -0.806. The highest BCUT2D eigenvalue weighted by atomic mass is 35.5. The van der Waals surface area contributed by atoms with Gasteiger partial charge < -0.3 is 9.30 Å². The molecule has 0 radical (unpaired) electrons. The Kier molecular flexibility index (Phi) is 4.86. The summed E-state index contributed by atoms with van der Waals surface area (Å²) in [7, 11) is 1.60. The Hall–Kier alpha value is -2.61. The van der Waals surface area contributed by atoms with Crippen LogP contribution in [-0.2, 0) is 13.2 Å². The van der Waals surface area contributed by atoms with Gasteiger partial charge in [-0.2, -0.15) is 13.2 Å². The maximum absolute atomic E-state index is 13.3. The number of pyridine rings is 1. The zero-order valence-corrected chi connectivity index (χ0v) is 14.6. The van der Waals surface area contributed by atoms with Gasteiger partial charge in [-0.15, -0.1) is 10.2 Å². The predicted molar refractivity (Wildman–Crippen MR) is 89.7 cm³/mol. The molecule has 3 aromatic rings. The van der Waals surface area contributed by atoms with E-state index in [2.05, 4.69) is 15.2 Å². The second-order valence-electron chi connectivity index (χ2n) is 5.56. The van der Waals surface area contributed by atoms with E-state index in [4.69, 9.17) is 16.3 Å². The van der Waals surface area contributed by atoms with Gasteiger partial charge in [0.05, 0.1) is 11.8 Å². The van der Waals surface area contributed by atoms with Crippen LogP contribution in [0.15, 0.2) is 42.6 Å². The van der Waals surface area contributed by atoms with Crippen LogP contribution in [0.1, 0.15) is 24.4 Å². The maximum Gasteiger partial charge on any atom is 0.417 e. The van der Waals surface area contributed by atoms with Crippen LogP contribution in [0.2, 0.25) is 5.15 Å². The van der Waals surface area contributed by atoms with Crippen molar-refractivity contribution in [2.75, 3.05) is 0 Å². The van der Waals surface area contributed by atoms with E-state index in [1.807, 2.05) is 0 Å². The molecule has 2 heterocycles. The Morgan fingerprint density at radius 1 is 1.12 bits per heavy atom. The van der Waals surface area contributed by atoms with E-state index in [9.17, 15) is 13.2 Å². The van der Waals surface area contributed by atoms with Gasteiger partial charge in [0.25, 0.3) is 0 Å². The lowest BCUT2D eigenvalue weighted by Crippen LogP contribution is -2.12. The third-order valence-corrected chi connectivity index (χ3v) is 3.98. The summed E-state index contributed by atoms with van der Waals surface area (Å²) >= 11 is 5.73. The Morgan fingerprint density at radius 3 is 2.50 bits per heavy atom. The molecule has 0 aliphatic heterocycles. The molecule has 3 rings (SSSR count). The lowest BCUT2D eigenvalue weighted by atomic mass is 10.1. The number of ether oxygens (including phenoxy) is 1. The molecule has 0 aliphatic carbocycles. The van der Waals surface area contributed by atoms with E-state index < -0.39 is 17.8 Å². The molecule has 0 spiro atoms. The molecule has 0 saturated heterocycles. The molecular formula is C17H14ClF3N4O. The molecule has 0 aliphatic rings. The van der Waals surface area contributed by atoms with Gasteiger partial charge in [0, 0.05) is 12.6 Å². The third kappa shape index (κ3) is 3.65. The summed E-state index contributed by atoms with van der Waals surface area (Å²) in [6.07, 6.45) is -3.59. The molecule has 2 aromatic heterocycles. The minimum atomic E-state index is -4.49. The van der Waals surface area contributed by atoms with Crippen LogP contribution in [0.25, 0.3) is 11.4 Å². The summed E-state index contributed by atoms with van der Waals surface area (Å²) in [6.45, 7) is 1.72. The lowest BCUT2D eigenvalue weighted by Gasteiger charge is -2.15. The standard InChI is InChI=1S/C17H14ClF3N4O/c1-10(26-11-7-8-14(18)22-9-11)15-23-24-16(25(15)2)12-5-3-4-6-13(12)17(19,20)21/h3-10H,1-2H3. The molecule has 9 heteroatoms. The number of hydrogen-bond acceptors (Lipinski definition) is 4. The zero-order valence-electron chi connectivity index (χ0n) is 13.8. The minimum absolute atomic E-state index is 0.0402. The lowest BCUT2D eigenvalue weighted by molar-refractivity contribution is -0.137. The van der Waals surface area contributed by atoms with E-state index in [-0.39, 0.29) is 11.4 Å². The van der Waals surface area contributed by atoms with Gasteiger partial charge in [-0.05, 0) is 25.1 Å². The molecule has 5 nitrogen and oxygen atoms in total. The molecule has 0 fully saturated rings. The molecule has 26 heavy (non-hydrogen) atoms. The largest absolute Gasteiger partial charge is 0.481 e. The highest BCUT2D eigenvalue weighted by Gasteiger charge is 2.34. The fourth-order valence-electron chi connectivity index (χ4n) is 2.54.